The first kappa shape index (κ1) is 11.1. The van der Waals surface area contributed by atoms with Crippen molar-refractivity contribution in [3.63, 3.8) is 0 Å². The average Bonchev–Trinajstić information content (AvgIpc) is 2.59. The van der Waals surface area contributed by atoms with Crippen LogP contribution in [0, 0.1) is 0 Å². The minimum absolute atomic E-state index is 0.187. The minimum atomic E-state index is -0.528. The first-order valence-electron chi connectivity index (χ1n) is 5.30. The fourth-order valence-electron chi connectivity index (χ4n) is 1.90. The molecule has 1 saturated heterocycles. The van der Waals surface area contributed by atoms with Gasteiger partial charge >= 0.3 is 5.69 Å². The van der Waals surface area contributed by atoms with Gasteiger partial charge in [0.15, 0.2) is 0 Å². The van der Waals surface area contributed by atoms with Crippen molar-refractivity contribution in [1.29, 1.82) is 0 Å². The van der Waals surface area contributed by atoms with E-state index >= 15 is 0 Å². The minimum Gasteiger partial charge on any atom is -0.390 e. The van der Waals surface area contributed by atoms with Crippen LogP contribution in [0.3, 0.4) is 0 Å². The zero-order chi connectivity index (χ0) is 11.7. The largest absolute Gasteiger partial charge is 0.390 e. The van der Waals surface area contributed by atoms with E-state index in [0.717, 1.165) is 6.42 Å². The highest BCUT2D eigenvalue weighted by molar-refractivity contribution is 5.23. The van der Waals surface area contributed by atoms with Crippen molar-refractivity contribution in [3.05, 3.63) is 22.7 Å². The van der Waals surface area contributed by atoms with E-state index in [-0.39, 0.29) is 11.9 Å². The van der Waals surface area contributed by atoms with Gasteiger partial charge in [-0.3, -0.25) is 4.57 Å². The summed E-state index contributed by atoms with van der Waals surface area (Å²) in [6, 6.07) is 1.54. The molecule has 2 rings (SSSR count). The summed E-state index contributed by atoms with van der Waals surface area (Å²) in [5.74, 6) is 0.187. The predicted octanol–water partition coefficient (Wildman–Crippen LogP) is -0.116. The van der Waals surface area contributed by atoms with Crippen LogP contribution in [0.5, 0.6) is 0 Å². The molecule has 0 saturated carbocycles. The Hall–Kier alpha value is -1.40. The van der Waals surface area contributed by atoms with Crippen molar-refractivity contribution < 1.29 is 9.84 Å². The number of aliphatic hydroxyl groups is 1. The smallest absolute Gasteiger partial charge is 0.351 e. The standard InChI is InChI=1S/C10H15N3O3/c1-2-7-6(14)5-9(16-7)13-4-3-8(11)12-10(13)15/h3-4,6-7,9,14H,2,5H2,1H3,(H2,11,12,15)/t6-,7-,9-/m1/s1. The highest BCUT2D eigenvalue weighted by Gasteiger charge is 2.34. The van der Waals surface area contributed by atoms with Crippen molar-refractivity contribution in [3.8, 4) is 0 Å². The lowest BCUT2D eigenvalue weighted by atomic mass is 10.1. The third-order valence-corrected chi connectivity index (χ3v) is 2.77. The van der Waals surface area contributed by atoms with Crippen molar-refractivity contribution in [1.82, 2.24) is 9.55 Å². The molecule has 0 spiro atoms. The predicted molar refractivity (Wildman–Crippen MR) is 57.7 cm³/mol. The lowest BCUT2D eigenvalue weighted by Gasteiger charge is -2.14. The molecule has 1 aromatic rings. The van der Waals surface area contributed by atoms with Crippen molar-refractivity contribution >= 4 is 5.82 Å². The Morgan fingerprint density at radius 2 is 2.50 bits per heavy atom. The van der Waals surface area contributed by atoms with Crippen LogP contribution in [0.2, 0.25) is 0 Å². The van der Waals surface area contributed by atoms with E-state index in [1.807, 2.05) is 6.92 Å². The number of rotatable bonds is 2. The lowest BCUT2D eigenvalue weighted by Crippen LogP contribution is -2.27. The Labute approximate surface area is 92.7 Å². The Bertz CT molecular complexity index is 432. The summed E-state index contributed by atoms with van der Waals surface area (Å²) in [6.45, 7) is 1.93. The number of nitrogen functional groups attached to an aromatic ring is 1. The number of nitrogens with two attached hydrogens (primary N) is 1. The van der Waals surface area contributed by atoms with Gasteiger partial charge in [-0.25, -0.2) is 4.79 Å². The summed E-state index contributed by atoms with van der Waals surface area (Å²) in [5.41, 5.74) is 4.94. The number of anilines is 1. The summed E-state index contributed by atoms with van der Waals surface area (Å²) in [6.07, 6.45) is 1.48. The van der Waals surface area contributed by atoms with E-state index in [2.05, 4.69) is 4.98 Å². The summed E-state index contributed by atoms with van der Waals surface area (Å²) < 4.78 is 6.92. The molecule has 1 fully saturated rings. The van der Waals surface area contributed by atoms with Crippen LogP contribution in [0.4, 0.5) is 5.82 Å². The number of hydrogen-bond donors (Lipinski definition) is 2. The highest BCUT2D eigenvalue weighted by Crippen LogP contribution is 2.28. The maximum atomic E-state index is 11.5. The molecule has 0 unspecified atom stereocenters. The highest BCUT2D eigenvalue weighted by atomic mass is 16.5. The fourth-order valence-corrected chi connectivity index (χ4v) is 1.90. The summed E-state index contributed by atoms with van der Waals surface area (Å²) in [5, 5.41) is 9.68. The molecular formula is C10H15N3O3. The van der Waals surface area contributed by atoms with Crippen LogP contribution >= 0.6 is 0 Å². The van der Waals surface area contributed by atoms with Gasteiger partial charge in [-0.1, -0.05) is 6.92 Å². The van der Waals surface area contributed by atoms with Crippen LogP contribution in [-0.4, -0.2) is 26.9 Å². The molecule has 3 N–H and O–H groups in total. The SMILES string of the molecule is CC[C@H]1O[C@@H](n2ccc(N)nc2=O)C[C@H]1O. The maximum absolute atomic E-state index is 11.5. The zero-order valence-corrected chi connectivity index (χ0v) is 9.04. The number of ether oxygens (including phenoxy) is 1. The first-order valence-corrected chi connectivity index (χ1v) is 5.30. The van der Waals surface area contributed by atoms with Gasteiger partial charge in [-0.2, -0.15) is 4.98 Å². The average molecular weight is 225 g/mol. The van der Waals surface area contributed by atoms with Gasteiger partial charge in [0.1, 0.15) is 12.0 Å². The molecule has 0 aromatic carbocycles. The van der Waals surface area contributed by atoms with Gasteiger partial charge in [0.25, 0.3) is 0 Å². The maximum Gasteiger partial charge on any atom is 0.351 e. The Kier molecular flexibility index (Phi) is 2.93. The molecule has 1 aliphatic heterocycles. The molecule has 2 heterocycles. The number of hydrogen-bond acceptors (Lipinski definition) is 5. The molecule has 6 heteroatoms. The van der Waals surface area contributed by atoms with Gasteiger partial charge in [-0.15, -0.1) is 0 Å². The lowest BCUT2D eigenvalue weighted by molar-refractivity contribution is -0.0216. The summed E-state index contributed by atoms with van der Waals surface area (Å²) in [7, 11) is 0. The van der Waals surface area contributed by atoms with Gasteiger partial charge in [0, 0.05) is 12.6 Å². The van der Waals surface area contributed by atoms with Crippen LogP contribution in [0.1, 0.15) is 26.0 Å². The van der Waals surface area contributed by atoms with Gasteiger partial charge in [0.2, 0.25) is 0 Å². The molecular weight excluding hydrogens is 210 g/mol. The second-order valence-corrected chi connectivity index (χ2v) is 3.88. The van der Waals surface area contributed by atoms with Crippen LogP contribution in [0.15, 0.2) is 17.1 Å². The molecule has 1 aliphatic rings. The Morgan fingerprint density at radius 3 is 3.06 bits per heavy atom. The fraction of sp³-hybridized carbons (Fsp3) is 0.600. The number of aromatic nitrogens is 2. The van der Waals surface area contributed by atoms with Gasteiger partial charge < -0.3 is 15.6 Å². The van der Waals surface area contributed by atoms with E-state index in [1.165, 1.54) is 10.6 Å². The van der Waals surface area contributed by atoms with E-state index < -0.39 is 18.0 Å². The van der Waals surface area contributed by atoms with Crippen molar-refractivity contribution in [2.45, 2.75) is 38.2 Å². The van der Waals surface area contributed by atoms with Crippen molar-refractivity contribution in [2.24, 2.45) is 0 Å². The van der Waals surface area contributed by atoms with Crippen molar-refractivity contribution in [2.75, 3.05) is 5.73 Å². The topological polar surface area (TPSA) is 90.4 Å². The molecule has 16 heavy (non-hydrogen) atoms. The van der Waals surface area contributed by atoms with E-state index in [0.29, 0.717) is 6.42 Å². The monoisotopic (exact) mass is 225 g/mol. The third-order valence-electron chi connectivity index (χ3n) is 2.77. The van der Waals surface area contributed by atoms with Crippen LogP contribution in [-0.2, 0) is 4.74 Å². The molecule has 3 atom stereocenters. The molecule has 0 radical (unpaired) electrons. The van der Waals surface area contributed by atoms with Crippen LogP contribution < -0.4 is 11.4 Å². The number of nitrogens with zero attached hydrogens (tertiary/aromatic N) is 2. The zero-order valence-electron chi connectivity index (χ0n) is 9.04. The Balaban J connectivity index is 2.23. The van der Waals surface area contributed by atoms with Gasteiger partial charge in [-0.05, 0) is 12.5 Å². The molecule has 0 aliphatic carbocycles. The second-order valence-electron chi connectivity index (χ2n) is 3.88. The molecule has 88 valence electrons. The molecule has 6 nitrogen and oxygen atoms in total. The van der Waals surface area contributed by atoms with E-state index in [9.17, 15) is 9.90 Å². The first-order chi connectivity index (χ1) is 7.61. The Morgan fingerprint density at radius 1 is 1.75 bits per heavy atom. The normalized spacial score (nSPS) is 29.5. The molecule has 1 aromatic heterocycles. The third kappa shape index (κ3) is 1.94. The quantitative estimate of drug-likeness (QED) is 0.732. The summed E-state index contributed by atoms with van der Waals surface area (Å²) >= 11 is 0. The molecule has 0 amide bonds. The summed E-state index contributed by atoms with van der Waals surface area (Å²) in [4.78, 5) is 15.2. The second kappa shape index (κ2) is 4.23. The van der Waals surface area contributed by atoms with E-state index in [1.54, 1.807) is 6.20 Å². The number of aliphatic hydroxyl groups excluding tert-OH is 1. The van der Waals surface area contributed by atoms with Gasteiger partial charge in [0.05, 0.1) is 12.2 Å². The molecule has 0 bridgehead atoms. The van der Waals surface area contributed by atoms with E-state index in [4.69, 9.17) is 10.5 Å². The van der Waals surface area contributed by atoms with Crippen LogP contribution in [0.25, 0.3) is 0 Å².